The van der Waals surface area contributed by atoms with Crippen molar-refractivity contribution in [1.29, 1.82) is 0 Å². The molecule has 0 radical (unpaired) electrons. The van der Waals surface area contributed by atoms with E-state index in [-0.39, 0.29) is 10.8 Å². The number of amides is 1. The Labute approximate surface area is 185 Å². The Morgan fingerprint density at radius 2 is 1.62 bits per heavy atom. The summed E-state index contributed by atoms with van der Waals surface area (Å²) >= 11 is 0. The summed E-state index contributed by atoms with van der Waals surface area (Å²) in [6.07, 6.45) is 1.78. The molecule has 0 aliphatic rings. The lowest BCUT2D eigenvalue weighted by Crippen LogP contribution is -2.30. The average Bonchev–Trinajstić information content (AvgIpc) is 2.76. The van der Waals surface area contributed by atoms with Crippen LogP contribution < -0.4 is 10.0 Å². The van der Waals surface area contributed by atoms with Gasteiger partial charge in [-0.2, -0.15) is 0 Å². The van der Waals surface area contributed by atoms with E-state index in [0.29, 0.717) is 11.3 Å². The van der Waals surface area contributed by atoms with Gasteiger partial charge in [0.05, 0.1) is 10.5 Å². The quantitative estimate of drug-likeness (QED) is 0.525. The molecule has 0 saturated heterocycles. The van der Waals surface area contributed by atoms with Crippen molar-refractivity contribution in [3.63, 3.8) is 0 Å². The van der Waals surface area contributed by atoms with Crippen LogP contribution in [0, 0.1) is 13.8 Å². The highest BCUT2D eigenvalue weighted by molar-refractivity contribution is 7.92. The summed E-state index contributed by atoms with van der Waals surface area (Å²) < 4.78 is 32.4. The Bertz CT molecular complexity index is 1230. The number of rotatable bonds is 7. The summed E-state index contributed by atoms with van der Waals surface area (Å²) in [4.78, 5) is 32.4. The smallest absolute Gasteiger partial charge is 0.339 e. The second-order valence-electron chi connectivity index (χ2n) is 6.99. The second-order valence-corrected chi connectivity index (χ2v) is 8.67. The van der Waals surface area contributed by atoms with Crippen LogP contribution >= 0.6 is 0 Å². The Hall–Kier alpha value is -3.79. The number of anilines is 2. The van der Waals surface area contributed by atoms with Gasteiger partial charge in [-0.05, 0) is 68.3 Å². The fourth-order valence-electron chi connectivity index (χ4n) is 2.74. The Morgan fingerprint density at radius 3 is 2.28 bits per heavy atom. The maximum absolute atomic E-state index is 12.4. The number of benzene rings is 2. The number of sulfonamides is 1. The van der Waals surface area contributed by atoms with Gasteiger partial charge in [0, 0.05) is 18.1 Å². The van der Waals surface area contributed by atoms with Crippen molar-refractivity contribution in [2.75, 3.05) is 10.0 Å². The molecule has 1 amide bonds. The minimum Gasteiger partial charge on any atom is -0.449 e. The van der Waals surface area contributed by atoms with E-state index < -0.39 is 28.0 Å². The molecule has 0 fully saturated rings. The largest absolute Gasteiger partial charge is 0.449 e. The van der Waals surface area contributed by atoms with Crippen LogP contribution in [0.3, 0.4) is 0 Å². The molecule has 32 heavy (non-hydrogen) atoms. The number of esters is 1. The van der Waals surface area contributed by atoms with Crippen molar-refractivity contribution in [3.8, 4) is 0 Å². The van der Waals surface area contributed by atoms with Crippen LogP contribution in [0.4, 0.5) is 11.6 Å². The zero-order chi connectivity index (χ0) is 23.3. The summed E-state index contributed by atoms with van der Waals surface area (Å²) in [5.41, 5.74) is 2.48. The van der Waals surface area contributed by atoms with Crippen LogP contribution in [0.25, 0.3) is 0 Å². The van der Waals surface area contributed by atoms with Gasteiger partial charge in [0.2, 0.25) is 5.95 Å². The topological polar surface area (TPSA) is 127 Å². The molecular weight excluding hydrogens is 432 g/mol. The molecule has 2 N–H and O–H groups in total. The highest BCUT2D eigenvalue weighted by Gasteiger charge is 2.21. The summed E-state index contributed by atoms with van der Waals surface area (Å²) in [7, 11) is -3.89. The van der Waals surface area contributed by atoms with Gasteiger partial charge >= 0.3 is 5.97 Å². The predicted molar refractivity (Wildman–Crippen MR) is 119 cm³/mol. The Morgan fingerprint density at radius 1 is 0.969 bits per heavy atom. The van der Waals surface area contributed by atoms with Crippen molar-refractivity contribution < 1.29 is 22.7 Å². The number of aromatic nitrogens is 2. The van der Waals surface area contributed by atoms with E-state index in [1.807, 2.05) is 19.9 Å². The maximum atomic E-state index is 12.4. The summed E-state index contributed by atoms with van der Waals surface area (Å²) in [6.45, 7) is 5.15. The zero-order valence-corrected chi connectivity index (χ0v) is 18.5. The van der Waals surface area contributed by atoms with Crippen molar-refractivity contribution >= 4 is 33.5 Å². The molecule has 9 nitrogen and oxygen atoms in total. The SMILES string of the molecule is Cc1cccc(C(=O)O[C@H](C)C(=O)Nc2ccc(S(=O)(=O)Nc3ncccn3)cc2)c1C. The number of carbonyl (C=O) groups excluding carboxylic acids is 2. The van der Waals surface area contributed by atoms with Crippen molar-refractivity contribution in [2.24, 2.45) is 0 Å². The van der Waals surface area contributed by atoms with Gasteiger partial charge in [-0.15, -0.1) is 0 Å². The first-order chi connectivity index (χ1) is 15.2. The number of nitrogens with zero attached hydrogens (tertiary/aromatic N) is 2. The third-order valence-electron chi connectivity index (χ3n) is 4.70. The lowest BCUT2D eigenvalue weighted by molar-refractivity contribution is -0.123. The number of hydrogen-bond donors (Lipinski definition) is 2. The van der Waals surface area contributed by atoms with Crippen LogP contribution in [0.2, 0.25) is 0 Å². The fourth-order valence-corrected chi connectivity index (χ4v) is 3.70. The number of hydrogen-bond acceptors (Lipinski definition) is 7. The molecular formula is C22H22N4O5S. The highest BCUT2D eigenvalue weighted by Crippen LogP contribution is 2.18. The molecule has 1 heterocycles. The van der Waals surface area contributed by atoms with E-state index in [4.69, 9.17) is 4.74 Å². The first kappa shape index (κ1) is 22.9. The molecule has 1 aromatic heterocycles. The molecule has 0 saturated carbocycles. The third kappa shape index (κ3) is 5.46. The Balaban J connectivity index is 1.62. The van der Waals surface area contributed by atoms with Gasteiger partial charge in [-0.25, -0.2) is 27.9 Å². The third-order valence-corrected chi connectivity index (χ3v) is 6.05. The molecule has 0 spiro atoms. The van der Waals surface area contributed by atoms with E-state index in [1.165, 1.54) is 43.6 Å². The maximum Gasteiger partial charge on any atom is 0.339 e. The van der Waals surface area contributed by atoms with E-state index in [9.17, 15) is 18.0 Å². The predicted octanol–water partition coefficient (Wildman–Crippen LogP) is 3.08. The molecule has 3 rings (SSSR count). The number of aryl methyl sites for hydroxylation is 1. The lowest BCUT2D eigenvalue weighted by Gasteiger charge is -2.15. The minimum absolute atomic E-state index is 0.0302. The molecule has 3 aromatic rings. The number of ether oxygens (including phenoxy) is 1. The molecule has 0 unspecified atom stereocenters. The summed E-state index contributed by atoms with van der Waals surface area (Å²) in [5.74, 6) is -1.19. The van der Waals surface area contributed by atoms with Gasteiger partial charge < -0.3 is 10.1 Å². The number of nitrogens with one attached hydrogen (secondary N) is 2. The van der Waals surface area contributed by atoms with Gasteiger partial charge in [0.25, 0.3) is 15.9 Å². The molecule has 1 atom stereocenters. The van der Waals surface area contributed by atoms with Crippen LogP contribution in [-0.2, 0) is 19.6 Å². The van der Waals surface area contributed by atoms with E-state index in [0.717, 1.165) is 11.1 Å². The first-order valence-electron chi connectivity index (χ1n) is 9.65. The molecule has 0 bridgehead atoms. The van der Waals surface area contributed by atoms with Crippen molar-refractivity contribution in [1.82, 2.24) is 9.97 Å². The Kier molecular flexibility index (Phi) is 6.84. The van der Waals surface area contributed by atoms with Gasteiger partial charge in [-0.3, -0.25) is 4.79 Å². The molecule has 2 aromatic carbocycles. The monoisotopic (exact) mass is 454 g/mol. The first-order valence-corrected chi connectivity index (χ1v) is 11.1. The van der Waals surface area contributed by atoms with Gasteiger partial charge in [-0.1, -0.05) is 12.1 Å². The normalized spacial score (nSPS) is 12.0. The van der Waals surface area contributed by atoms with E-state index >= 15 is 0 Å². The second kappa shape index (κ2) is 9.56. The molecule has 166 valence electrons. The average molecular weight is 455 g/mol. The van der Waals surface area contributed by atoms with Gasteiger partial charge in [0.15, 0.2) is 6.10 Å². The summed E-state index contributed by atoms with van der Waals surface area (Å²) in [6, 6.07) is 12.3. The van der Waals surface area contributed by atoms with E-state index in [1.54, 1.807) is 18.2 Å². The lowest BCUT2D eigenvalue weighted by atomic mass is 10.0. The fraction of sp³-hybridized carbons (Fsp3) is 0.182. The minimum atomic E-state index is -3.89. The molecule has 10 heteroatoms. The highest BCUT2D eigenvalue weighted by atomic mass is 32.2. The summed E-state index contributed by atoms with van der Waals surface area (Å²) in [5, 5.41) is 2.60. The van der Waals surface area contributed by atoms with Crippen molar-refractivity contribution in [3.05, 3.63) is 77.6 Å². The zero-order valence-electron chi connectivity index (χ0n) is 17.7. The van der Waals surface area contributed by atoms with E-state index in [2.05, 4.69) is 20.0 Å². The number of carbonyl (C=O) groups is 2. The molecule has 0 aliphatic heterocycles. The van der Waals surface area contributed by atoms with Crippen LogP contribution in [0.1, 0.15) is 28.4 Å². The van der Waals surface area contributed by atoms with Crippen LogP contribution in [-0.4, -0.2) is 36.4 Å². The van der Waals surface area contributed by atoms with Crippen molar-refractivity contribution in [2.45, 2.75) is 31.8 Å². The van der Waals surface area contributed by atoms with Gasteiger partial charge in [0.1, 0.15) is 0 Å². The molecule has 0 aliphatic carbocycles. The van der Waals surface area contributed by atoms with Crippen LogP contribution in [0.15, 0.2) is 65.8 Å². The standard InChI is InChI=1S/C22H22N4O5S/c1-14-6-4-7-19(15(14)2)21(28)31-16(3)20(27)25-17-8-10-18(11-9-17)32(29,30)26-22-23-12-5-13-24-22/h4-13,16H,1-3H3,(H,25,27)(H,23,24,26)/t16-/m1/s1. The van der Waals surface area contributed by atoms with Crippen LogP contribution in [0.5, 0.6) is 0 Å².